The summed E-state index contributed by atoms with van der Waals surface area (Å²) >= 11 is 0. The minimum Gasteiger partial charge on any atom is -0.496 e. The highest BCUT2D eigenvalue weighted by molar-refractivity contribution is 7.89. The van der Waals surface area contributed by atoms with Crippen molar-refractivity contribution in [1.29, 1.82) is 0 Å². The smallest absolute Gasteiger partial charge is 0.243 e. The van der Waals surface area contributed by atoms with E-state index in [9.17, 15) is 8.42 Å². The molecule has 2 heterocycles. The number of rotatable bonds is 9. The van der Waals surface area contributed by atoms with Gasteiger partial charge in [0.25, 0.3) is 0 Å². The number of fused-ring (bicyclic) bond motifs is 1. The second-order valence-corrected chi connectivity index (χ2v) is 12.4. The van der Waals surface area contributed by atoms with E-state index in [1.54, 1.807) is 23.5 Å². The number of aromatic nitrogens is 2. The largest absolute Gasteiger partial charge is 0.496 e. The highest BCUT2D eigenvalue weighted by atomic mass is 32.2. The van der Waals surface area contributed by atoms with Gasteiger partial charge in [-0.05, 0) is 48.7 Å². The molecule has 4 aromatic rings. The number of benzene rings is 3. The van der Waals surface area contributed by atoms with Crippen LogP contribution in [0.15, 0.2) is 77.7 Å². The molecule has 40 heavy (non-hydrogen) atoms. The van der Waals surface area contributed by atoms with E-state index in [1.807, 2.05) is 60.7 Å². The Morgan fingerprint density at radius 2 is 1.55 bits per heavy atom. The summed E-state index contributed by atoms with van der Waals surface area (Å²) in [6.07, 6.45) is 0. The minimum atomic E-state index is -3.54. The fourth-order valence-corrected chi connectivity index (χ4v) is 6.53. The minimum absolute atomic E-state index is 0.0772. The first-order valence-electron chi connectivity index (χ1n) is 13.7. The van der Waals surface area contributed by atoms with Gasteiger partial charge in [-0.15, -0.1) is 0 Å². The second kappa shape index (κ2) is 11.9. The number of hydrogen-bond acceptors (Lipinski definition) is 7. The number of nitrogens with one attached hydrogen (secondary N) is 1. The van der Waals surface area contributed by atoms with Crippen LogP contribution >= 0.6 is 0 Å². The third-order valence-electron chi connectivity index (χ3n) is 7.64. The number of nitrogens with zero attached hydrogens (tertiary/aromatic N) is 4. The average molecular weight is 560 g/mol. The van der Waals surface area contributed by atoms with Gasteiger partial charge in [0, 0.05) is 43.7 Å². The van der Waals surface area contributed by atoms with Crippen LogP contribution in [0.2, 0.25) is 0 Å². The van der Waals surface area contributed by atoms with Crippen molar-refractivity contribution in [3.63, 3.8) is 0 Å². The Morgan fingerprint density at radius 1 is 0.875 bits per heavy atom. The van der Waals surface area contributed by atoms with E-state index in [2.05, 4.69) is 31.0 Å². The van der Waals surface area contributed by atoms with E-state index in [0.29, 0.717) is 49.4 Å². The molecule has 1 aromatic heterocycles. The maximum Gasteiger partial charge on any atom is 0.243 e. The zero-order valence-corrected chi connectivity index (χ0v) is 24.4. The zero-order valence-electron chi connectivity index (χ0n) is 23.5. The molecular weight excluding hydrogens is 522 g/mol. The molecule has 8 nitrogen and oxygen atoms in total. The van der Waals surface area contributed by atoms with Crippen LogP contribution in [0.1, 0.15) is 49.7 Å². The lowest BCUT2D eigenvalue weighted by Crippen LogP contribution is -2.49. The van der Waals surface area contributed by atoms with Crippen LogP contribution < -0.4 is 10.1 Å². The van der Waals surface area contributed by atoms with Crippen LogP contribution in [0.25, 0.3) is 10.9 Å². The summed E-state index contributed by atoms with van der Waals surface area (Å²) in [5, 5.41) is 4.45. The van der Waals surface area contributed by atoms with Crippen molar-refractivity contribution in [1.82, 2.24) is 19.2 Å². The molecule has 9 heteroatoms. The van der Waals surface area contributed by atoms with Crippen LogP contribution in [-0.2, 0) is 16.6 Å². The predicted molar refractivity (Wildman–Crippen MR) is 159 cm³/mol. The van der Waals surface area contributed by atoms with E-state index < -0.39 is 10.0 Å². The molecular formula is C31H37N5O3S. The predicted octanol–water partition coefficient (Wildman–Crippen LogP) is 5.44. The Kier molecular flexibility index (Phi) is 8.35. The summed E-state index contributed by atoms with van der Waals surface area (Å²) in [4.78, 5) is 12.4. The molecule has 1 aliphatic heterocycles. The van der Waals surface area contributed by atoms with E-state index in [4.69, 9.17) is 14.7 Å². The Bertz CT molecular complexity index is 1570. The van der Waals surface area contributed by atoms with Crippen molar-refractivity contribution in [3.8, 4) is 5.75 Å². The van der Waals surface area contributed by atoms with Gasteiger partial charge >= 0.3 is 0 Å². The first kappa shape index (κ1) is 28.0. The van der Waals surface area contributed by atoms with Crippen LogP contribution in [0.4, 0.5) is 5.82 Å². The zero-order chi connectivity index (χ0) is 28.3. The summed E-state index contributed by atoms with van der Waals surface area (Å²) in [6, 6.07) is 23.1. The standard InChI is InChI=1S/C31H37N5O3S/c1-22(2)24-13-15-26(16-14-24)40(37,38)36-19-17-35(18-20-36)23(3)30-33-28-11-7-6-10-27(28)31(34-30)32-21-25-9-5-8-12-29(25)39-4/h5-16,22-23H,17-21H2,1-4H3,(H,32,33,34). The number of anilines is 1. The van der Waals surface area contributed by atoms with E-state index in [-0.39, 0.29) is 6.04 Å². The van der Waals surface area contributed by atoms with Gasteiger partial charge in [0.15, 0.2) is 0 Å². The van der Waals surface area contributed by atoms with E-state index in [0.717, 1.165) is 33.6 Å². The number of methoxy groups -OCH3 is 1. The molecule has 0 spiro atoms. The number of para-hydroxylation sites is 2. The van der Waals surface area contributed by atoms with Gasteiger partial charge < -0.3 is 10.1 Å². The lowest BCUT2D eigenvalue weighted by atomic mass is 10.0. The first-order chi connectivity index (χ1) is 19.3. The highest BCUT2D eigenvalue weighted by Crippen LogP contribution is 2.28. The quantitative estimate of drug-likeness (QED) is 0.292. The monoisotopic (exact) mass is 559 g/mol. The van der Waals surface area contributed by atoms with Gasteiger partial charge in [-0.3, -0.25) is 4.90 Å². The van der Waals surface area contributed by atoms with Gasteiger partial charge in [-0.1, -0.05) is 56.3 Å². The molecule has 0 bridgehead atoms. The van der Waals surface area contributed by atoms with Crippen molar-refractivity contribution in [3.05, 3.63) is 89.7 Å². The van der Waals surface area contributed by atoms with Gasteiger partial charge in [-0.25, -0.2) is 18.4 Å². The lowest BCUT2D eigenvalue weighted by molar-refractivity contribution is 0.141. The fraction of sp³-hybridized carbons (Fsp3) is 0.355. The van der Waals surface area contributed by atoms with Crippen molar-refractivity contribution < 1.29 is 13.2 Å². The van der Waals surface area contributed by atoms with Crippen molar-refractivity contribution >= 4 is 26.7 Å². The van der Waals surface area contributed by atoms with Gasteiger partial charge in [0.1, 0.15) is 17.4 Å². The van der Waals surface area contributed by atoms with Gasteiger partial charge in [0.05, 0.1) is 23.6 Å². The maximum absolute atomic E-state index is 13.3. The first-order valence-corrected chi connectivity index (χ1v) is 15.2. The number of sulfonamides is 1. The summed E-state index contributed by atoms with van der Waals surface area (Å²) in [6.45, 7) is 8.90. The number of ether oxygens (including phenoxy) is 1. The lowest BCUT2D eigenvalue weighted by Gasteiger charge is -2.37. The highest BCUT2D eigenvalue weighted by Gasteiger charge is 2.31. The third-order valence-corrected chi connectivity index (χ3v) is 9.55. The molecule has 1 unspecified atom stereocenters. The van der Waals surface area contributed by atoms with E-state index in [1.165, 1.54) is 0 Å². The maximum atomic E-state index is 13.3. The molecule has 1 atom stereocenters. The molecule has 0 saturated carbocycles. The van der Waals surface area contributed by atoms with Gasteiger partial charge in [-0.2, -0.15) is 4.31 Å². The van der Waals surface area contributed by atoms with Crippen molar-refractivity contribution in [2.24, 2.45) is 0 Å². The van der Waals surface area contributed by atoms with E-state index >= 15 is 0 Å². The summed E-state index contributed by atoms with van der Waals surface area (Å²) < 4.78 is 33.7. The Hall–Kier alpha value is -3.53. The summed E-state index contributed by atoms with van der Waals surface area (Å²) in [7, 11) is -1.87. The molecule has 0 radical (unpaired) electrons. The van der Waals surface area contributed by atoms with Crippen LogP contribution in [0.3, 0.4) is 0 Å². The Morgan fingerprint density at radius 3 is 2.25 bits per heavy atom. The molecule has 5 rings (SSSR count). The topological polar surface area (TPSA) is 87.7 Å². The summed E-state index contributed by atoms with van der Waals surface area (Å²) in [5.74, 6) is 2.66. The number of hydrogen-bond donors (Lipinski definition) is 1. The molecule has 0 amide bonds. The molecule has 1 aliphatic rings. The van der Waals surface area contributed by atoms with Crippen LogP contribution in [0, 0.1) is 0 Å². The molecule has 1 fully saturated rings. The molecule has 3 aromatic carbocycles. The normalized spacial score (nSPS) is 15.8. The van der Waals surface area contributed by atoms with Crippen molar-refractivity contribution in [2.75, 3.05) is 38.6 Å². The SMILES string of the molecule is COc1ccccc1CNc1nc(C(C)N2CCN(S(=O)(=O)c3ccc(C(C)C)cc3)CC2)nc2ccccc12. The third kappa shape index (κ3) is 5.82. The molecule has 1 saturated heterocycles. The number of piperazine rings is 1. The van der Waals surface area contributed by atoms with Gasteiger partial charge in [0.2, 0.25) is 10.0 Å². The molecule has 1 N–H and O–H groups in total. The Labute approximate surface area is 237 Å². The fourth-order valence-electron chi connectivity index (χ4n) is 5.11. The molecule has 0 aliphatic carbocycles. The Balaban J connectivity index is 1.31. The summed E-state index contributed by atoms with van der Waals surface area (Å²) in [5.41, 5.74) is 3.04. The second-order valence-electron chi connectivity index (χ2n) is 10.5. The van der Waals surface area contributed by atoms with Crippen LogP contribution in [-0.4, -0.2) is 60.9 Å². The van der Waals surface area contributed by atoms with Crippen LogP contribution in [0.5, 0.6) is 5.75 Å². The molecule has 210 valence electrons. The van der Waals surface area contributed by atoms with Crippen molar-refractivity contribution in [2.45, 2.75) is 44.2 Å². The average Bonchev–Trinajstić information content (AvgIpc) is 2.99.